The summed E-state index contributed by atoms with van der Waals surface area (Å²) in [6.45, 7) is 1.85. The Morgan fingerprint density at radius 3 is 3.08 bits per heavy atom. The number of hydrogen-bond acceptors (Lipinski definition) is 3. The van der Waals surface area contributed by atoms with Gasteiger partial charge in [-0.3, -0.25) is 10.1 Å². The van der Waals surface area contributed by atoms with Gasteiger partial charge in [0.25, 0.3) is 5.69 Å². The highest BCUT2D eigenvalue weighted by molar-refractivity contribution is 5.48. The predicted molar refractivity (Wildman–Crippen MR) is 46.6 cm³/mol. The van der Waals surface area contributed by atoms with Gasteiger partial charge in [0.05, 0.1) is 16.7 Å². The maximum Gasteiger partial charge on any atom is 0.274 e. The molecule has 0 unspecified atom stereocenters. The zero-order valence-electron chi connectivity index (χ0n) is 6.97. The third-order valence-corrected chi connectivity index (χ3v) is 1.78. The molecule has 0 aliphatic rings. The SMILES string of the molecule is Cc1cn2ccc([N+](=O)[O-])cc2n1. The molecule has 0 aromatic carbocycles. The van der Waals surface area contributed by atoms with Crippen molar-refractivity contribution in [2.45, 2.75) is 6.92 Å². The number of imidazole rings is 1. The lowest BCUT2D eigenvalue weighted by molar-refractivity contribution is -0.384. The lowest BCUT2D eigenvalue weighted by atomic mass is 10.4. The third-order valence-electron chi connectivity index (χ3n) is 1.78. The van der Waals surface area contributed by atoms with Gasteiger partial charge in [-0.2, -0.15) is 0 Å². The Bertz CT molecular complexity index is 475. The average molecular weight is 177 g/mol. The quantitative estimate of drug-likeness (QED) is 0.490. The van der Waals surface area contributed by atoms with Crippen molar-refractivity contribution in [1.82, 2.24) is 9.38 Å². The van der Waals surface area contributed by atoms with Gasteiger partial charge in [-0.15, -0.1) is 0 Å². The first-order valence-corrected chi connectivity index (χ1v) is 3.76. The zero-order chi connectivity index (χ0) is 9.42. The van der Waals surface area contributed by atoms with Crippen molar-refractivity contribution < 1.29 is 4.92 Å². The van der Waals surface area contributed by atoms with Crippen LogP contribution in [0.2, 0.25) is 0 Å². The van der Waals surface area contributed by atoms with Crippen molar-refractivity contribution in [3.05, 3.63) is 40.3 Å². The highest BCUT2D eigenvalue weighted by Gasteiger charge is 2.06. The molecule has 0 amide bonds. The maximum atomic E-state index is 10.4. The normalized spacial score (nSPS) is 10.5. The minimum Gasteiger partial charge on any atom is -0.306 e. The van der Waals surface area contributed by atoms with Crippen LogP contribution in [0, 0.1) is 17.0 Å². The Hall–Kier alpha value is -1.91. The van der Waals surface area contributed by atoms with Crippen molar-refractivity contribution in [2.24, 2.45) is 0 Å². The molecule has 0 spiro atoms. The van der Waals surface area contributed by atoms with E-state index < -0.39 is 4.92 Å². The molecule has 0 atom stereocenters. The topological polar surface area (TPSA) is 60.4 Å². The van der Waals surface area contributed by atoms with E-state index in [-0.39, 0.29) is 5.69 Å². The Labute approximate surface area is 73.8 Å². The van der Waals surface area contributed by atoms with Gasteiger partial charge in [0.15, 0.2) is 0 Å². The second kappa shape index (κ2) is 2.55. The van der Waals surface area contributed by atoms with Crippen LogP contribution < -0.4 is 0 Å². The maximum absolute atomic E-state index is 10.4. The van der Waals surface area contributed by atoms with E-state index in [0.29, 0.717) is 5.65 Å². The summed E-state index contributed by atoms with van der Waals surface area (Å²) >= 11 is 0. The summed E-state index contributed by atoms with van der Waals surface area (Å²) in [5, 5.41) is 10.4. The largest absolute Gasteiger partial charge is 0.306 e. The number of nitro groups is 1. The van der Waals surface area contributed by atoms with Crippen molar-refractivity contribution in [3.63, 3.8) is 0 Å². The molecule has 13 heavy (non-hydrogen) atoms. The minimum absolute atomic E-state index is 0.0677. The molecule has 0 bridgehead atoms. The first-order chi connectivity index (χ1) is 6.16. The van der Waals surface area contributed by atoms with Crippen LogP contribution in [-0.4, -0.2) is 14.3 Å². The van der Waals surface area contributed by atoms with E-state index in [0.717, 1.165) is 5.69 Å². The lowest BCUT2D eigenvalue weighted by Crippen LogP contribution is -1.89. The molecular weight excluding hydrogens is 170 g/mol. The van der Waals surface area contributed by atoms with Crippen LogP contribution in [0.4, 0.5) is 5.69 Å². The molecule has 0 radical (unpaired) electrons. The molecule has 2 aromatic rings. The molecule has 66 valence electrons. The average Bonchev–Trinajstić information content (AvgIpc) is 2.42. The second-order valence-electron chi connectivity index (χ2n) is 2.79. The fraction of sp³-hybridized carbons (Fsp3) is 0.125. The fourth-order valence-corrected chi connectivity index (χ4v) is 1.21. The molecule has 2 aromatic heterocycles. The molecule has 0 aliphatic heterocycles. The van der Waals surface area contributed by atoms with Crippen LogP contribution in [0.1, 0.15) is 5.69 Å². The number of rotatable bonds is 1. The summed E-state index contributed by atoms with van der Waals surface area (Å²) in [5.41, 5.74) is 1.52. The van der Waals surface area contributed by atoms with Crippen molar-refractivity contribution >= 4 is 11.3 Å². The Morgan fingerprint density at radius 1 is 1.62 bits per heavy atom. The Morgan fingerprint density at radius 2 is 2.38 bits per heavy atom. The molecule has 0 fully saturated rings. The van der Waals surface area contributed by atoms with E-state index in [2.05, 4.69) is 4.98 Å². The van der Waals surface area contributed by atoms with E-state index in [9.17, 15) is 10.1 Å². The van der Waals surface area contributed by atoms with Crippen molar-refractivity contribution in [1.29, 1.82) is 0 Å². The highest BCUT2D eigenvalue weighted by atomic mass is 16.6. The van der Waals surface area contributed by atoms with Gasteiger partial charge >= 0.3 is 0 Å². The molecule has 0 saturated carbocycles. The van der Waals surface area contributed by atoms with Crippen LogP contribution in [0.25, 0.3) is 5.65 Å². The van der Waals surface area contributed by atoms with Gasteiger partial charge in [-0.25, -0.2) is 4.98 Å². The van der Waals surface area contributed by atoms with Gasteiger partial charge < -0.3 is 4.40 Å². The van der Waals surface area contributed by atoms with E-state index in [4.69, 9.17) is 0 Å². The monoisotopic (exact) mass is 177 g/mol. The molecule has 5 heteroatoms. The van der Waals surface area contributed by atoms with Crippen molar-refractivity contribution in [2.75, 3.05) is 0 Å². The van der Waals surface area contributed by atoms with Gasteiger partial charge in [-0.05, 0) is 6.92 Å². The van der Waals surface area contributed by atoms with E-state index >= 15 is 0 Å². The number of aryl methyl sites for hydroxylation is 1. The first kappa shape index (κ1) is 7.72. The van der Waals surface area contributed by atoms with Crippen LogP contribution in [0.5, 0.6) is 0 Å². The number of hydrogen-bond donors (Lipinski definition) is 0. The lowest BCUT2D eigenvalue weighted by Gasteiger charge is -1.92. The van der Waals surface area contributed by atoms with E-state index in [1.807, 2.05) is 13.1 Å². The molecule has 0 N–H and O–H groups in total. The van der Waals surface area contributed by atoms with E-state index in [1.54, 1.807) is 10.6 Å². The van der Waals surface area contributed by atoms with Crippen LogP contribution in [-0.2, 0) is 0 Å². The highest BCUT2D eigenvalue weighted by Crippen LogP contribution is 2.13. The summed E-state index contributed by atoms with van der Waals surface area (Å²) in [6.07, 6.45) is 3.45. The predicted octanol–water partition coefficient (Wildman–Crippen LogP) is 1.55. The summed E-state index contributed by atoms with van der Waals surface area (Å²) in [6, 6.07) is 2.90. The number of fused-ring (bicyclic) bond motifs is 1. The van der Waals surface area contributed by atoms with Crippen LogP contribution in [0.15, 0.2) is 24.5 Å². The molecule has 0 saturated heterocycles. The molecule has 2 rings (SSSR count). The van der Waals surface area contributed by atoms with E-state index in [1.165, 1.54) is 12.1 Å². The number of nitrogens with zero attached hydrogens (tertiary/aromatic N) is 3. The summed E-state index contributed by atoms with van der Waals surface area (Å²) in [7, 11) is 0. The third kappa shape index (κ3) is 1.24. The van der Waals surface area contributed by atoms with Crippen LogP contribution >= 0.6 is 0 Å². The smallest absolute Gasteiger partial charge is 0.274 e. The summed E-state index contributed by atoms with van der Waals surface area (Å²) in [4.78, 5) is 14.1. The first-order valence-electron chi connectivity index (χ1n) is 3.76. The van der Waals surface area contributed by atoms with Gasteiger partial charge in [0.1, 0.15) is 5.65 Å². The fourth-order valence-electron chi connectivity index (χ4n) is 1.21. The standard InChI is InChI=1S/C8H7N3O2/c1-6-5-10-3-2-7(11(12)13)4-8(10)9-6/h2-5H,1H3. The Balaban J connectivity index is 2.67. The van der Waals surface area contributed by atoms with Crippen LogP contribution in [0.3, 0.4) is 0 Å². The zero-order valence-corrected chi connectivity index (χ0v) is 6.97. The molecular formula is C8H7N3O2. The van der Waals surface area contributed by atoms with Gasteiger partial charge in [0.2, 0.25) is 0 Å². The number of aromatic nitrogens is 2. The molecule has 2 heterocycles. The van der Waals surface area contributed by atoms with Gasteiger partial charge in [-0.1, -0.05) is 0 Å². The second-order valence-corrected chi connectivity index (χ2v) is 2.79. The number of pyridine rings is 1. The van der Waals surface area contributed by atoms with Gasteiger partial charge in [0, 0.05) is 18.5 Å². The summed E-state index contributed by atoms with van der Waals surface area (Å²) < 4.78 is 1.75. The minimum atomic E-state index is -0.427. The molecule has 0 aliphatic carbocycles. The molecule has 5 nitrogen and oxygen atoms in total. The van der Waals surface area contributed by atoms with Crippen molar-refractivity contribution in [3.8, 4) is 0 Å². The Kier molecular flexibility index (Phi) is 1.51. The summed E-state index contributed by atoms with van der Waals surface area (Å²) in [5.74, 6) is 0.